The lowest BCUT2D eigenvalue weighted by Crippen LogP contribution is -2.10. The van der Waals surface area contributed by atoms with Crippen molar-refractivity contribution >= 4 is 22.8 Å². The predicted molar refractivity (Wildman–Crippen MR) is 92.0 cm³/mol. The zero-order valence-electron chi connectivity index (χ0n) is 14.2. The molecule has 8 heteroatoms. The normalized spacial score (nSPS) is 10.6. The van der Waals surface area contributed by atoms with Crippen LogP contribution in [0.25, 0.3) is 16.8 Å². The molecule has 0 unspecified atom stereocenters. The maximum Gasteiger partial charge on any atom is 0.346 e. The Morgan fingerprint density at radius 2 is 1.64 bits per heavy atom. The van der Waals surface area contributed by atoms with E-state index in [4.69, 9.17) is 9.47 Å². The van der Waals surface area contributed by atoms with Gasteiger partial charge in [-0.1, -0.05) is 0 Å². The average molecular weight is 394 g/mol. The number of halogens is 5. The second kappa shape index (κ2) is 7.67. The molecule has 3 aromatic carbocycles. The van der Waals surface area contributed by atoms with E-state index in [1.165, 1.54) is 25.3 Å². The maximum absolute atomic E-state index is 14.3. The van der Waals surface area contributed by atoms with Gasteiger partial charge in [-0.05, 0) is 41.8 Å². The van der Waals surface area contributed by atoms with Gasteiger partial charge < -0.3 is 9.47 Å². The molecule has 144 valence electrons. The minimum absolute atomic E-state index is 0.0214. The number of hydrogen-bond donors (Lipinski definition) is 0. The van der Waals surface area contributed by atoms with Gasteiger partial charge in [0.15, 0.2) is 0 Å². The number of fused-ring (bicyclic) bond motifs is 1. The average Bonchev–Trinajstić information content (AvgIpc) is 2.64. The molecule has 0 aliphatic carbocycles. The van der Waals surface area contributed by atoms with Gasteiger partial charge in [0.1, 0.15) is 29.0 Å². The molecule has 0 aliphatic heterocycles. The SMILES string of the molecule is COc1ccc(C(=O)Oc2ccc3c(F)c(C=C(F)F)c(F)cc3c2)c(F)c1. The highest BCUT2D eigenvalue weighted by atomic mass is 19.3. The number of benzene rings is 3. The first-order valence-corrected chi connectivity index (χ1v) is 7.80. The number of carbonyl (C=O) groups is 1. The highest BCUT2D eigenvalue weighted by Gasteiger charge is 2.17. The van der Waals surface area contributed by atoms with Crippen molar-refractivity contribution in [2.24, 2.45) is 0 Å². The van der Waals surface area contributed by atoms with E-state index in [9.17, 15) is 26.7 Å². The van der Waals surface area contributed by atoms with Crippen LogP contribution in [-0.4, -0.2) is 13.1 Å². The fraction of sp³-hybridized carbons (Fsp3) is 0.0500. The molecule has 0 fully saturated rings. The van der Waals surface area contributed by atoms with Gasteiger partial charge in [0.25, 0.3) is 6.08 Å². The molecule has 0 aliphatic rings. The third kappa shape index (κ3) is 3.80. The van der Waals surface area contributed by atoms with E-state index in [-0.39, 0.29) is 33.9 Å². The number of rotatable bonds is 4. The van der Waals surface area contributed by atoms with Crippen LogP contribution in [0.5, 0.6) is 11.5 Å². The summed E-state index contributed by atoms with van der Waals surface area (Å²) in [6.07, 6.45) is -2.16. The summed E-state index contributed by atoms with van der Waals surface area (Å²) in [5.41, 5.74) is -1.24. The van der Waals surface area contributed by atoms with Gasteiger partial charge in [0.2, 0.25) is 0 Å². The Balaban J connectivity index is 1.95. The second-order valence-electron chi connectivity index (χ2n) is 5.64. The van der Waals surface area contributed by atoms with E-state index in [2.05, 4.69) is 0 Å². The molecule has 0 aromatic heterocycles. The molecule has 0 atom stereocenters. The van der Waals surface area contributed by atoms with Crippen LogP contribution in [0.1, 0.15) is 15.9 Å². The molecule has 28 heavy (non-hydrogen) atoms. The van der Waals surface area contributed by atoms with Crippen LogP contribution in [0.4, 0.5) is 22.0 Å². The van der Waals surface area contributed by atoms with Gasteiger partial charge in [-0.15, -0.1) is 0 Å². The van der Waals surface area contributed by atoms with Crippen LogP contribution < -0.4 is 9.47 Å². The summed E-state index contributed by atoms with van der Waals surface area (Å²) >= 11 is 0. The summed E-state index contributed by atoms with van der Waals surface area (Å²) in [4.78, 5) is 12.1. The van der Waals surface area contributed by atoms with Gasteiger partial charge in [0.05, 0.1) is 18.2 Å². The van der Waals surface area contributed by atoms with E-state index >= 15 is 0 Å². The van der Waals surface area contributed by atoms with Crippen LogP contribution in [0, 0.1) is 17.5 Å². The molecule has 0 bridgehead atoms. The summed E-state index contributed by atoms with van der Waals surface area (Å²) in [5.74, 6) is -4.18. The zero-order valence-corrected chi connectivity index (χ0v) is 14.2. The fourth-order valence-electron chi connectivity index (χ4n) is 2.58. The summed E-state index contributed by atoms with van der Waals surface area (Å²) in [6, 6.07) is 7.83. The topological polar surface area (TPSA) is 35.5 Å². The standard InChI is InChI=1S/C20H11F5O3/c1-27-11-2-5-14(17(22)8-11)20(26)28-12-3-4-13-10(6-12)7-16(21)15(19(13)25)9-18(23)24/h2-9H,1H3. The highest BCUT2D eigenvalue weighted by molar-refractivity contribution is 5.93. The van der Waals surface area contributed by atoms with Crippen LogP contribution in [0.2, 0.25) is 0 Å². The Labute approximate surface area is 155 Å². The highest BCUT2D eigenvalue weighted by Crippen LogP contribution is 2.29. The molecule has 0 saturated carbocycles. The smallest absolute Gasteiger partial charge is 0.346 e. The largest absolute Gasteiger partial charge is 0.497 e. The molecule has 0 spiro atoms. The third-order valence-corrected chi connectivity index (χ3v) is 3.90. The number of esters is 1. The molecule has 0 heterocycles. The summed E-state index contributed by atoms with van der Waals surface area (Å²) in [7, 11) is 1.34. The molecule has 3 rings (SSSR count). The number of methoxy groups -OCH3 is 1. The van der Waals surface area contributed by atoms with Crippen molar-refractivity contribution < 1.29 is 36.2 Å². The van der Waals surface area contributed by atoms with Crippen LogP contribution in [0.3, 0.4) is 0 Å². The lowest BCUT2D eigenvalue weighted by molar-refractivity contribution is 0.0730. The van der Waals surface area contributed by atoms with Crippen LogP contribution in [0.15, 0.2) is 48.5 Å². The van der Waals surface area contributed by atoms with E-state index < -0.39 is 35.1 Å². The molecule has 3 nitrogen and oxygen atoms in total. The number of ether oxygens (including phenoxy) is 2. The fourth-order valence-corrected chi connectivity index (χ4v) is 2.58. The number of hydrogen-bond acceptors (Lipinski definition) is 3. The third-order valence-electron chi connectivity index (χ3n) is 3.90. The lowest BCUT2D eigenvalue weighted by Gasteiger charge is -2.09. The summed E-state index contributed by atoms with van der Waals surface area (Å²) < 4.78 is 76.8. The quantitative estimate of drug-likeness (QED) is 0.322. The van der Waals surface area contributed by atoms with Gasteiger partial charge in [-0.2, -0.15) is 8.78 Å². The minimum Gasteiger partial charge on any atom is -0.497 e. The molecule has 0 radical (unpaired) electrons. The Morgan fingerprint density at radius 1 is 0.929 bits per heavy atom. The summed E-state index contributed by atoms with van der Waals surface area (Å²) in [5, 5.41) is -0.170. The van der Waals surface area contributed by atoms with Crippen molar-refractivity contribution in [2.75, 3.05) is 7.11 Å². The maximum atomic E-state index is 14.3. The minimum atomic E-state index is -2.25. The first-order valence-electron chi connectivity index (χ1n) is 7.80. The second-order valence-corrected chi connectivity index (χ2v) is 5.64. The van der Waals surface area contributed by atoms with Crippen molar-refractivity contribution in [3.8, 4) is 11.5 Å². The van der Waals surface area contributed by atoms with Crippen molar-refractivity contribution in [1.29, 1.82) is 0 Å². The van der Waals surface area contributed by atoms with Gasteiger partial charge in [0, 0.05) is 17.5 Å². The van der Waals surface area contributed by atoms with Crippen molar-refractivity contribution in [3.05, 3.63) is 77.1 Å². The van der Waals surface area contributed by atoms with E-state index in [0.29, 0.717) is 0 Å². The number of carbonyl (C=O) groups excluding carboxylic acids is 1. The summed E-state index contributed by atoms with van der Waals surface area (Å²) in [6.45, 7) is 0. The van der Waals surface area contributed by atoms with E-state index in [1.54, 1.807) is 0 Å². The Hall–Kier alpha value is -3.42. The van der Waals surface area contributed by atoms with Crippen molar-refractivity contribution in [1.82, 2.24) is 0 Å². The molecular weight excluding hydrogens is 383 g/mol. The monoisotopic (exact) mass is 394 g/mol. The molecule has 0 amide bonds. The predicted octanol–water partition coefficient (Wildman–Crippen LogP) is 5.72. The Kier molecular flexibility index (Phi) is 5.30. The van der Waals surface area contributed by atoms with Gasteiger partial charge in [-0.3, -0.25) is 0 Å². The first-order chi connectivity index (χ1) is 13.3. The van der Waals surface area contributed by atoms with E-state index in [1.807, 2.05) is 0 Å². The Bertz CT molecular complexity index is 1100. The van der Waals surface area contributed by atoms with Crippen LogP contribution in [-0.2, 0) is 0 Å². The lowest BCUT2D eigenvalue weighted by atomic mass is 10.0. The van der Waals surface area contributed by atoms with Gasteiger partial charge in [-0.25, -0.2) is 18.0 Å². The van der Waals surface area contributed by atoms with Gasteiger partial charge >= 0.3 is 5.97 Å². The van der Waals surface area contributed by atoms with E-state index in [0.717, 1.165) is 24.3 Å². The Morgan fingerprint density at radius 3 is 2.29 bits per heavy atom. The zero-order chi connectivity index (χ0) is 20.4. The molecule has 0 saturated heterocycles. The van der Waals surface area contributed by atoms with Crippen LogP contribution >= 0.6 is 0 Å². The van der Waals surface area contributed by atoms with Crippen molar-refractivity contribution in [2.45, 2.75) is 0 Å². The molecule has 3 aromatic rings. The first kappa shape index (κ1) is 19.3. The molecular formula is C20H11F5O3. The van der Waals surface area contributed by atoms with Crippen molar-refractivity contribution in [3.63, 3.8) is 0 Å². The molecule has 0 N–H and O–H groups in total.